The quantitative estimate of drug-likeness (QED) is 0.437. The lowest BCUT2D eigenvalue weighted by Crippen LogP contribution is -2.34. The molecule has 0 aliphatic rings. The molecule has 0 spiro atoms. The fourth-order valence-electron chi connectivity index (χ4n) is 2.31. The van der Waals surface area contributed by atoms with Crippen LogP contribution in [0.25, 0.3) is 0 Å². The number of aromatic nitrogens is 3. The molecular weight excluding hydrogens is 342 g/mol. The molecule has 1 heterocycles. The zero-order valence-electron chi connectivity index (χ0n) is 12.2. The first kappa shape index (κ1) is 17.5. The van der Waals surface area contributed by atoms with Crippen molar-refractivity contribution in [1.82, 2.24) is 14.8 Å². The molecule has 0 aromatic carbocycles. The van der Waals surface area contributed by atoms with Crippen LogP contribution < -0.4 is 11.1 Å². The standard InChI is InChI=1S/C13H22BrN3O2S/c1-4-6-13(8-14,7-5-2)9-20-12-15-10(18)11(19)16-17(12)3/h4-9H2,1-3H3,(H,16,19). The van der Waals surface area contributed by atoms with E-state index in [4.69, 9.17) is 0 Å². The summed E-state index contributed by atoms with van der Waals surface area (Å²) in [5, 5.41) is 3.98. The molecule has 20 heavy (non-hydrogen) atoms. The third-order valence-corrected chi connectivity index (χ3v) is 5.87. The van der Waals surface area contributed by atoms with Crippen LogP contribution in [-0.4, -0.2) is 25.8 Å². The number of hydrogen-bond donors (Lipinski definition) is 1. The first-order valence-corrected chi connectivity index (χ1v) is 8.95. The summed E-state index contributed by atoms with van der Waals surface area (Å²) in [4.78, 5) is 26.4. The van der Waals surface area contributed by atoms with E-state index in [-0.39, 0.29) is 5.41 Å². The van der Waals surface area contributed by atoms with Crippen LogP contribution in [0, 0.1) is 5.41 Å². The lowest BCUT2D eigenvalue weighted by molar-refractivity contribution is 0.319. The van der Waals surface area contributed by atoms with Gasteiger partial charge in [-0.05, 0) is 18.3 Å². The highest BCUT2D eigenvalue weighted by molar-refractivity contribution is 9.09. The molecule has 0 unspecified atom stereocenters. The Bertz CT molecular complexity index is 535. The van der Waals surface area contributed by atoms with Gasteiger partial charge in [0.25, 0.3) is 0 Å². The summed E-state index contributed by atoms with van der Waals surface area (Å²) in [5.74, 6) is 0.881. The third-order valence-electron chi connectivity index (χ3n) is 3.30. The Labute approximate surface area is 131 Å². The lowest BCUT2D eigenvalue weighted by Gasteiger charge is -2.31. The number of thioether (sulfide) groups is 1. The molecule has 0 amide bonds. The summed E-state index contributed by atoms with van der Waals surface area (Å²) < 4.78 is 1.52. The summed E-state index contributed by atoms with van der Waals surface area (Å²) >= 11 is 5.17. The predicted molar refractivity (Wildman–Crippen MR) is 86.9 cm³/mol. The second-order valence-electron chi connectivity index (χ2n) is 5.12. The van der Waals surface area contributed by atoms with Gasteiger partial charge in [0.1, 0.15) is 0 Å². The number of aromatic amines is 1. The molecule has 5 nitrogen and oxygen atoms in total. The average molecular weight is 364 g/mol. The number of nitrogens with zero attached hydrogens (tertiary/aromatic N) is 2. The predicted octanol–water partition coefficient (Wildman–Crippen LogP) is 2.54. The van der Waals surface area contributed by atoms with E-state index in [1.54, 1.807) is 7.05 Å². The van der Waals surface area contributed by atoms with Crippen molar-refractivity contribution in [3.63, 3.8) is 0 Å². The van der Waals surface area contributed by atoms with E-state index in [2.05, 4.69) is 39.9 Å². The van der Waals surface area contributed by atoms with Gasteiger partial charge in [-0.2, -0.15) is 4.98 Å². The molecule has 0 radical (unpaired) electrons. The topological polar surface area (TPSA) is 67.8 Å². The molecule has 0 aliphatic heterocycles. The van der Waals surface area contributed by atoms with Crippen molar-refractivity contribution >= 4 is 27.7 Å². The van der Waals surface area contributed by atoms with Crippen molar-refractivity contribution in [3.05, 3.63) is 20.7 Å². The van der Waals surface area contributed by atoms with Crippen LogP contribution in [0.3, 0.4) is 0 Å². The Morgan fingerprint density at radius 3 is 2.40 bits per heavy atom. The first-order chi connectivity index (χ1) is 9.48. The molecule has 0 saturated heterocycles. The van der Waals surface area contributed by atoms with Crippen LogP contribution in [0.4, 0.5) is 0 Å². The van der Waals surface area contributed by atoms with Crippen molar-refractivity contribution in [2.24, 2.45) is 12.5 Å². The van der Waals surface area contributed by atoms with Crippen molar-refractivity contribution in [3.8, 4) is 0 Å². The molecular formula is C13H22BrN3O2S. The molecule has 1 aromatic heterocycles. The Hall–Kier alpha value is -0.560. The van der Waals surface area contributed by atoms with Crippen LogP contribution in [0.15, 0.2) is 14.7 Å². The molecule has 1 aromatic rings. The summed E-state index contributed by atoms with van der Waals surface area (Å²) in [6.07, 6.45) is 4.53. The third kappa shape index (κ3) is 4.48. The van der Waals surface area contributed by atoms with Gasteiger partial charge in [0.05, 0.1) is 0 Å². The van der Waals surface area contributed by atoms with E-state index >= 15 is 0 Å². The molecule has 0 saturated carbocycles. The summed E-state index contributed by atoms with van der Waals surface area (Å²) in [6, 6.07) is 0. The van der Waals surface area contributed by atoms with Crippen LogP contribution in [0.1, 0.15) is 39.5 Å². The molecule has 1 N–H and O–H groups in total. The van der Waals surface area contributed by atoms with Crippen LogP contribution >= 0.6 is 27.7 Å². The largest absolute Gasteiger partial charge is 0.339 e. The molecule has 0 aliphatic carbocycles. The Morgan fingerprint density at radius 2 is 1.90 bits per heavy atom. The molecule has 1 rings (SSSR count). The second-order valence-corrected chi connectivity index (χ2v) is 6.63. The van der Waals surface area contributed by atoms with Gasteiger partial charge in [0.15, 0.2) is 5.16 Å². The monoisotopic (exact) mass is 363 g/mol. The van der Waals surface area contributed by atoms with Gasteiger partial charge in [0, 0.05) is 18.1 Å². The number of alkyl halides is 1. The molecule has 0 atom stereocenters. The number of aryl methyl sites for hydroxylation is 1. The van der Waals surface area contributed by atoms with Crippen LogP contribution in [0.2, 0.25) is 0 Å². The fourth-order valence-corrected chi connectivity index (χ4v) is 4.54. The molecule has 0 fully saturated rings. The van der Waals surface area contributed by atoms with Crippen LogP contribution in [0.5, 0.6) is 0 Å². The van der Waals surface area contributed by atoms with Gasteiger partial charge in [-0.1, -0.05) is 54.4 Å². The van der Waals surface area contributed by atoms with Gasteiger partial charge in [0.2, 0.25) is 0 Å². The number of H-pyrrole nitrogens is 1. The summed E-state index contributed by atoms with van der Waals surface area (Å²) in [6.45, 7) is 4.37. The van der Waals surface area contributed by atoms with Gasteiger partial charge < -0.3 is 0 Å². The maximum absolute atomic E-state index is 11.3. The van der Waals surface area contributed by atoms with Crippen molar-refractivity contribution < 1.29 is 0 Å². The zero-order valence-corrected chi connectivity index (χ0v) is 14.6. The number of rotatable bonds is 8. The van der Waals surface area contributed by atoms with Gasteiger partial charge in [-0.15, -0.1) is 0 Å². The summed E-state index contributed by atoms with van der Waals surface area (Å²) in [5.41, 5.74) is -1.19. The highest BCUT2D eigenvalue weighted by Crippen LogP contribution is 2.37. The van der Waals surface area contributed by atoms with Crippen molar-refractivity contribution in [2.45, 2.75) is 44.7 Å². The molecule has 114 valence electrons. The van der Waals surface area contributed by atoms with Crippen molar-refractivity contribution in [2.75, 3.05) is 11.1 Å². The van der Waals surface area contributed by atoms with E-state index in [1.807, 2.05) is 0 Å². The highest BCUT2D eigenvalue weighted by Gasteiger charge is 2.28. The highest BCUT2D eigenvalue weighted by atomic mass is 79.9. The van der Waals surface area contributed by atoms with E-state index in [1.165, 1.54) is 16.4 Å². The van der Waals surface area contributed by atoms with Gasteiger partial charge >= 0.3 is 11.1 Å². The Kier molecular flexibility index (Phi) is 7.02. The maximum Gasteiger partial charge on any atom is 0.339 e. The van der Waals surface area contributed by atoms with Crippen molar-refractivity contribution in [1.29, 1.82) is 0 Å². The number of nitrogens with one attached hydrogen (secondary N) is 1. The second kappa shape index (κ2) is 8.02. The minimum absolute atomic E-state index is 0.210. The lowest BCUT2D eigenvalue weighted by atomic mass is 9.83. The van der Waals surface area contributed by atoms with Gasteiger partial charge in [-0.3, -0.25) is 19.4 Å². The Balaban J connectivity index is 2.89. The molecule has 0 bridgehead atoms. The van der Waals surface area contributed by atoms with Gasteiger partial charge in [-0.25, -0.2) is 0 Å². The minimum Gasteiger partial charge on any atom is -0.265 e. The summed E-state index contributed by atoms with van der Waals surface area (Å²) in [7, 11) is 1.70. The zero-order chi connectivity index (χ0) is 15.2. The van der Waals surface area contributed by atoms with Crippen LogP contribution in [-0.2, 0) is 7.05 Å². The Morgan fingerprint density at radius 1 is 1.30 bits per heavy atom. The van der Waals surface area contributed by atoms with E-state index in [9.17, 15) is 9.59 Å². The average Bonchev–Trinajstić information content (AvgIpc) is 2.41. The fraction of sp³-hybridized carbons (Fsp3) is 0.769. The normalized spacial score (nSPS) is 11.8. The molecule has 7 heteroatoms. The van der Waals surface area contributed by atoms with E-state index < -0.39 is 11.1 Å². The minimum atomic E-state index is -0.721. The number of halogens is 1. The maximum atomic E-state index is 11.3. The SMILES string of the molecule is CCCC(CBr)(CCC)CSc1nc(=O)c(=O)[nH]n1C. The first-order valence-electron chi connectivity index (χ1n) is 6.84. The van der Waals surface area contributed by atoms with E-state index in [0.29, 0.717) is 5.16 Å². The smallest absolute Gasteiger partial charge is 0.265 e. The van der Waals surface area contributed by atoms with E-state index in [0.717, 1.165) is 36.8 Å². The number of hydrogen-bond acceptors (Lipinski definition) is 4.